The first-order chi connectivity index (χ1) is 13.8. The Morgan fingerprint density at radius 2 is 1.41 bits per heavy atom. The summed E-state index contributed by atoms with van der Waals surface area (Å²) in [5, 5.41) is 10.8. The van der Waals surface area contributed by atoms with Crippen molar-refractivity contribution in [2.45, 2.75) is 41.5 Å². The fourth-order valence-electron chi connectivity index (χ4n) is 4.44. The van der Waals surface area contributed by atoms with E-state index in [1.54, 1.807) is 17.5 Å². The van der Waals surface area contributed by atoms with E-state index in [9.17, 15) is 5.26 Å². The van der Waals surface area contributed by atoms with Crippen molar-refractivity contribution >= 4 is 21.4 Å². The lowest BCUT2D eigenvalue weighted by molar-refractivity contribution is 1.31. The molecule has 3 heteroatoms. The second-order valence-corrected chi connectivity index (χ2v) is 9.06. The summed E-state index contributed by atoms with van der Waals surface area (Å²) in [5.74, 6) is 0. The molecule has 0 saturated heterocycles. The lowest BCUT2D eigenvalue weighted by Gasteiger charge is -2.10. The molecule has 0 unspecified atom stereocenters. The van der Waals surface area contributed by atoms with E-state index < -0.39 is 0 Å². The highest BCUT2D eigenvalue weighted by atomic mass is 32.1. The van der Waals surface area contributed by atoms with Crippen LogP contribution >= 0.6 is 11.3 Å². The first kappa shape index (κ1) is 19.4. The van der Waals surface area contributed by atoms with E-state index in [1.807, 2.05) is 0 Å². The minimum atomic E-state index is 0.649. The molecular formula is C26H24N2S. The lowest BCUT2D eigenvalue weighted by atomic mass is 9.95. The maximum Gasteiger partial charge on any atom is 0.101 e. The Bertz CT molecular complexity index is 1280. The first-order valence-electron chi connectivity index (χ1n) is 9.79. The van der Waals surface area contributed by atoms with Gasteiger partial charge in [-0.05, 0) is 75.9 Å². The first-order valence-corrected chi connectivity index (χ1v) is 10.6. The average Bonchev–Trinajstić information content (AvgIpc) is 2.97. The molecule has 0 atom stereocenters. The van der Waals surface area contributed by atoms with Crippen molar-refractivity contribution in [2.24, 2.45) is 0 Å². The highest BCUT2D eigenvalue weighted by molar-refractivity contribution is 7.23. The summed E-state index contributed by atoms with van der Waals surface area (Å²) in [4.78, 5) is 5.97. The van der Waals surface area contributed by atoms with Crippen molar-refractivity contribution in [2.75, 3.05) is 0 Å². The van der Waals surface area contributed by atoms with Gasteiger partial charge < -0.3 is 0 Å². The number of hydrogen-bond donors (Lipinski definition) is 0. The van der Waals surface area contributed by atoms with Crippen LogP contribution in [0.3, 0.4) is 0 Å². The maximum atomic E-state index is 9.75. The number of fused-ring (bicyclic) bond motifs is 1. The number of pyridine rings is 1. The molecule has 0 N–H and O–H groups in total. The number of nitrogens with zero attached hydrogens (tertiary/aromatic N) is 2. The molecule has 4 rings (SSSR count). The summed E-state index contributed by atoms with van der Waals surface area (Å²) >= 11 is 1.76. The van der Waals surface area contributed by atoms with Crippen LogP contribution in [0.15, 0.2) is 36.5 Å². The predicted octanol–water partition coefficient (Wildman–Crippen LogP) is 7.35. The molecule has 0 aliphatic carbocycles. The Kier molecular flexibility index (Phi) is 4.76. The lowest BCUT2D eigenvalue weighted by Crippen LogP contribution is -1.91. The number of aryl methyl sites for hydroxylation is 6. The van der Waals surface area contributed by atoms with Gasteiger partial charge in [0.2, 0.25) is 0 Å². The van der Waals surface area contributed by atoms with Gasteiger partial charge in [-0.15, -0.1) is 11.3 Å². The van der Waals surface area contributed by atoms with Crippen LogP contribution in [0.25, 0.3) is 31.8 Å². The number of benzene rings is 2. The zero-order valence-corrected chi connectivity index (χ0v) is 18.6. The van der Waals surface area contributed by atoms with Gasteiger partial charge in [0.1, 0.15) is 6.07 Å². The molecule has 2 aromatic carbocycles. The minimum Gasteiger partial charge on any atom is -0.253 e. The van der Waals surface area contributed by atoms with Crippen molar-refractivity contribution in [1.82, 2.24) is 4.98 Å². The number of nitriles is 1. The number of hydrogen-bond acceptors (Lipinski definition) is 3. The van der Waals surface area contributed by atoms with E-state index in [2.05, 4.69) is 77.9 Å². The monoisotopic (exact) mass is 396 g/mol. The Balaban J connectivity index is 2.09. The third-order valence-electron chi connectivity index (χ3n) is 5.47. The summed E-state index contributed by atoms with van der Waals surface area (Å²) in [6.07, 6.45) is 1.73. The SMILES string of the molecule is Cc1cc(C)cc(-c2ncc(C#N)c3c(C)c(-c4c(C)cc(C)cc4C)sc23)c1. The van der Waals surface area contributed by atoms with E-state index in [0.717, 1.165) is 21.3 Å². The standard InChI is InChI=1S/C26H24N2S/c1-14-7-15(2)11-20(10-14)24-26-23(21(12-27)13-28-24)19(6)25(29-26)22-17(4)8-16(3)9-18(22)5/h7-11,13H,1-6H3. The smallest absolute Gasteiger partial charge is 0.101 e. The normalized spacial score (nSPS) is 11.1. The van der Waals surface area contributed by atoms with Gasteiger partial charge in [0, 0.05) is 22.0 Å². The van der Waals surface area contributed by atoms with Crippen molar-refractivity contribution < 1.29 is 0 Å². The van der Waals surface area contributed by atoms with E-state index in [-0.39, 0.29) is 0 Å². The second-order valence-electron chi connectivity index (χ2n) is 8.04. The molecule has 0 spiro atoms. The van der Waals surface area contributed by atoms with Gasteiger partial charge in [0.25, 0.3) is 0 Å². The zero-order valence-electron chi connectivity index (χ0n) is 17.8. The van der Waals surface area contributed by atoms with Gasteiger partial charge in [-0.3, -0.25) is 4.98 Å². The highest BCUT2D eigenvalue weighted by Crippen LogP contribution is 2.45. The van der Waals surface area contributed by atoms with E-state index in [1.165, 1.54) is 43.8 Å². The molecule has 0 radical (unpaired) electrons. The topological polar surface area (TPSA) is 36.7 Å². The van der Waals surface area contributed by atoms with Crippen molar-refractivity contribution in [3.8, 4) is 27.8 Å². The summed E-state index contributed by atoms with van der Waals surface area (Å²) in [6.45, 7) is 12.8. The molecular weight excluding hydrogens is 372 g/mol. The molecule has 29 heavy (non-hydrogen) atoms. The highest BCUT2D eigenvalue weighted by Gasteiger charge is 2.20. The average molecular weight is 397 g/mol. The Morgan fingerprint density at radius 3 is 2.00 bits per heavy atom. The van der Waals surface area contributed by atoms with Crippen LogP contribution < -0.4 is 0 Å². The van der Waals surface area contributed by atoms with E-state index >= 15 is 0 Å². The molecule has 0 saturated carbocycles. The number of rotatable bonds is 2. The van der Waals surface area contributed by atoms with Gasteiger partial charge in [-0.2, -0.15) is 5.26 Å². The molecule has 2 aromatic heterocycles. The molecule has 0 amide bonds. The molecule has 0 bridgehead atoms. The minimum absolute atomic E-state index is 0.649. The molecule has 2 nitrogen and oxygen atoms in total. The second kappa shape index (κ2) is 7.13. The van der Waals surface area contributed by atoms with E-state index in [0.29, 0.717) is 5.56 Å². The van der Waals surface area contributed by atoms with Crippen LogP contribution in [0.2, 0.25) is 0 Å². The summed E-state index contributed by atoms with van der Waals surface area (Å²) in [7, 11) is 0. The van der Waals surface area contributed by atoms with Crippen LogP contribution in [0.1, 0.15) is 38.9 Å². The summed E-state index contributed by atoms with van der Waals surface area (Å²) in [6, 6.07) is 13.4. The summed E-state index contributed by atoms with van der Waals surface area (Å²) < 4.78 is 1.10. The molecule has 2 heterocycles. The number of thiophene rings is 1. The quantitative estimate of drug-likeness (QED) is 0.355. The van der Waals surface area contributed by atoms with Gasteiger partial charge >= 0.3 is 0 Å². The Morgan fingerprint density at radius 1 is 0.828 bits per heavy atom. The van der Waals surface area contributed by atoms with Crippen molar-refractivity contribution in [3.05, 3.63) is 75.5 Å². The van der Waals surface area contributed by atoms with E-state index in [4.69, 9.17) is 4.98 Å². The number of aromatic nitrogens is 1. The van der Waals surface area contributed by atoms with Crippen LogP contribution in [0.5, 0.6) is 0 Å². The molecule has 0 aliphatic heterocycles. The Labute approximate surface area is 176 Å². The maximum absolute atomic E-state index is 9.75. The fourth-order valence-corrected chi connectivity index (χ4v) is 5.95. The molecule has 0 aliphatic rings. The largest absolute Gasteiger partial charge is 0.253 e. The van der Waals surface area contributed by atoms with Gasteiger partial charge in [0.05, 0.1) is 16.0 Å². The van der Waals surface area contributed by atoms with Crippen LogP contribution in [-0.2, 0) is 0 Å². The predicted molar refractivity (Wildman–Crippen MR) is 124 cm³/mol. The van der Waals surface area contributed by atoms with Crippen LogP contribution in [-0.4, -0.2) is 4.98 Å². The molecule has 4 aromatic rings. The van der Waals surface area contributed by atoms with Crippen LogP contribution in [0, 0.1) is 52.9 Å². The fraction of sp³-hybridized carbons (Fsp3) is 0.231. The third-order valence-corrected chi connectivity index (χ3v) is 6.79. The van der Waals surface area contributed by atoms with Crippen LogP contribution in [0.4, 0.5) is 0 Å². The Hall–Kier alpha value is -2.96. The van der Waals surface area contributed by atoms with Gasteiger partial charge in [0.15, 0.2) is 0 Å². The van der Waals surface area contributed by atoms with Crippen molar-refractivity contribution in [3.63, 3.8) is 0 Å². The van der Waals surface area contributed by atoms with Gasteiger partial charge in [-0.25, -0.2) is 0 Å². The molecule has 0 fully saturated rings. The molecule has 144 valence electrons. The third kappa shape index (κ3) is 3.24. The van der Waals surface area contributed by atoms with Crippen molar-refractivity contribution in [1.29, 1.82) is 5.26 Å². The van der Waals surface area contributed by atoms with Gasteiger partial charge in [-0.1, -0.05) is 34.9 Å². The zero-order chi connectivity index (χ0) is 20.9. The summed E-state index contributed by atoms with van der Waals surface area (Å²) in [5.41, 5.74) is 11.4.